The van der Waals surface area contributed by atoms with Crippen molar-refractivity contribution in [2.75, 3.05) is 5.32 Å². The molecule has 1 aromatic heterocycles. The average molecular weight is 268 g/mol. The number of halogens is 3. The van der Waals surface area contributed by atoms with Crippen LogP contribution in [0.3, 0.4) is 0 Å². The van der Waals surface area contributed by atoms with Gasteiger partial charge in [0.15, 0.2) is 11.6 Å². The molecule has 2 N–H and O–H groups in total. The molecule has 1 aromatic carbocycles. The lowest BCUT2D eigenvalue weighted by Crippen LogP contribution is -2.05. The number of pyridine rings is 1. The van der Waals surface area contributed by atoms with E-state index >= 15 is 0 Å². The second kappa shape index (κ2) is 4.97. The summed E-state index contributed by atoms with van der Waals surface area (Å²) < 4.78 is 39.4. The highest BCUT2D eigenvalue weighted by Crippen LogP contribution is 2.25. The Labute approximate surface area is 105 Å². The van der Waals surface area contributed by atoms with Crippen molar-refractivity contribution in [3.05, 3.63) is 53.6 Å². The van der Waals surface area contributed by atoms with E-state index in [1.54, 1.807) is 0 Å². The van der Waals surface area contributed by atoms with Gasteiger partial charge in [0.1, 0.15) is 5.82 Å². The van der Waals surface area contributed by atoms with Crippen LogP contribution < -0.4 is 5.32 Å². The van der Waals surface area contributed by atoms with Crippen LogP contribution in [0.25, 0.3) is 0 Å². The van der Waals surface area contributed by atoms with Crippen molar-refractivity contribution in [3.63, 3.8) is 0 Å². The van der Waals surface area contributed by atoms with Crippen molar-refractivity contribution in [3.8, 4) is 0 Å². The smallest absolute Gasteiger partial charge is 0.337 e. The molecular weight excluding hydrogens is 261 g/mol. The number of aromatic nitrogens is 1. The van der Waals surface area contributed by atoms with Crippen molar-refractivity contribution in [2.45, 2.75) is 0 Å². The van der Waals surface area contributed by atoms with Gasteiger partial charge in [0, 0.05) is 18.3 Å². The summed E-state index contributed by atoms with van der Waals surface area (Å²) in [5, 5.41) is 11.2. The molecular formula is C12H7F3N2O2. The topological polar surface area (TPSA) is 62.2 Å². The SMILES string of the molecule is O=C(O)c1ccncc1Nc1cc(F)cc(F)c1F. The summed E-state index contributed by atoms with van der Waals surface area (Å²) in [7, 11) is 0. The highest BCUT2D eigenvalue weighted by atomic mass is 19.2. The third kappa shape index (κ3) is 2.65. The maximum absolute atomic E-state index is 13.4. The summed E-state index contributed by atoms with van der Waals surface area (Å²) >= 11 is 0. The Bertz CT molecular complexity index is 647. The number of carboxylic acid groups (broad SMARTS) is 1. The monoisotopic (exact) mass is 268 g/mol. The molecule has 0 spiro atoms. The fourth-order valence-corrected chi connectivity index (χ4v) is 1.47. The van der Waals surface area contributed by atoms with Crippen molar-refractivity contribution in [1.82, 2.24) is 4.98 Å². The normalized spacial score (nSPS) is 10.3. The minimum absolute atomic E-state index is 0.0705. The van der Waals surface area contributed by atoms with E-state index in [9.17, 15) is 18.0 Å². The van der Waals surface area contributed by atoms with Crippen LogP contribution in [0, 0.1) is 17.5 Å². The average Bonchev–Trinajstić information content (AvgIpc) is 2.35. The standard InChI is InChI=1S/C12H7F3N2O2/c13-6-3-8(14)11(15)9(4-6)17-10-5-16-2-1-7(10)12(18)19/h1-5,17H,(H,18,19). The molecule has 7 heteroatoms. The van der Waals surface area contributed by atoms with Crippen LogP contribution in [-0.4, -0.2) is 16.1 Å². The second-order valence-electron chi connectivity index (χ2n) is 3.60. The molecule has 19 heavy (non-hydrogen) atoms. The van der Waals surface area contributed by atoms with E-state index in [1.807, 2.05) is 0 Å². The predicted octanol–water partition coefficient (Wildman–Crippen LogP) is 2.94. The summed E-state index contributed by atoms with van der Waals surface area (Å²) in [6.07, 6.45) is 2.35. The zero-order valence-electron chi connectivity index (χ0n) is 9.32. The van der Waals surface area contributed by atoms with Gasteiger partial charge in [0.05, 0.1) is 23.1 Å². The van der Waals surface area contributed by atoms with Crippen LogP contribution in [-0.2, 0) is 0 Å². The van der Waals surface area contributed by atoms with Gasteiger partial charge in [-0.2, -0.15) is 0 Å². The molecule has 0 aliphatic rings. The molecule has 98 valence electrons. The fraction of sp³-hybridized carbons (Fsp3) is 0. The number of hydrogen-bond acceptors (Lipinski definition) is 3. The zero-order chi connectivity index (χ0) is 14.0. The number of nitrogens with zero attached hydrogens (tertiary/aromatic N) is 1. The number of carbonyl (C=O) groups is 1. The maximum atomic E-state index is 13.4. The lowest BCUT2D eigenvalue weighted by Gasteiger charge is -2.10. The molecule has 0 atom stereocenters. The Morgan fingerprint density at radius 1 is 1.21 bits per heavy atom. The molecule has 0 saturated carbocycles. The molecule has 2 aromatic rings. The quantitative estimate of drug-likeness (QED) is 0.840. The van der Waals surface area contributed by atoms with E-state index in [-0.39, 0.29) is 11.3 Å². The first kappa shape index (κ1) is 12.9. The van der Waals surface area contributed by atoms with Gasteiger partial charge >= 0.3 is 5.97 Å². The van der Waals surface area contributed by atoms with Gasteiger partial charge in [0.2, 0.25) is 0 Å². The van der Waals surface area contributed by atoms with E-state index in [2.05, 4.69) is 10.3 Å². The van der Waals surface area contributed by atoms with Gasteiger partial charge in [-0.15, -0.1) is 0 Å². The zero-order valence-corrected chi connectivity index (χ0v) is 9.32. The number of aromatic carboxylic acids is 1. The van der Waals surface area contributed by atoms with Crippen LogP contribution in [0.4, 0.5) is 24.5 Å². The number of benzene rings is 1. The van der Waals surface area contributed by atoms with Gasteiger partial charge in [0.25, 0.3) is 0 Å². The molecule has 0 amide bonds. The number of hydrogen-bond donors (Lipinski definition) is 2. The van der Waals surface area contributed by atoms with Crippen molar-refractivity contribution in [2.24, 2.45) is 0 Å². The lowest BCUT2D eigenvalue weighted by molar-refractivity contribution is 0.0698. The molecule has 0 fully saturated rings. The lowest BCUT2D eigenvalue weighted by atomic mass is 10.2. The summed E-state index contributed by atoms with van der Waals surface area (Å²) in [4.78, 5) is 14.6. The van der Waals surface area contributed by atoms with Crippen LogP contribution in [0.2, 0.25) is 0 Å². The van der Waals surface area contributed by atoms with Gasteiger partial charge in [-0.25, -0.2) is 18.0 Å². The number of rotatable bonds is 3. The van der Waals surface area contributed by atoms with Crippen molar-refractivity contribution < 1.29 is 23.1 Å². The number of nitrogens with one attached hydrogen (secondary N) is 1. The first-order valence-corrected chi connectivity index (χ1v) is 5.08. The second-order valence-corrected chi connectivity index (χ2v) is 3.60. The van der Waals surface area contributed by atoms with E-state index in [1.165, 1.54) is 12.3 Å². The van der Waals surface area contributed by atoms with Gasteiger partial charge < -0.3 is 10.4 Å². The van der Waals surface area contributed by atoms with Gasteiger partial charge in [-0.3, -0.25) is 4.98 Å². The Kier molecular flexibility index (Phi) is 3.37. The van der Waals surface area contributed by atoms with E-state index in [0.717, 1.165) is 12.3 Å². The van der Waals surface area contributed by atoms with E-state index < -0.39 is 29.1 Å². The third-order valence-electron chi connectivity index (χ3n) is 2.31. The Balaban J connectivity index is 2.45. The van der Waals surface area contributed by atoms with Crippen LogP contribution in [0.15, 0.2) is 30.6 Å². The molecule has 0 unspecified atom stereocenters. The molecule has 0 aliphatic carbocycles. The maximum Gasteiger partial charge on any atom is 0.337 e. The van der Waals surface area contributed by atoms with Gasteiger partial charge in [-0.05, 0) is 6.07 Å². The predicted molar refractivity (Wildman–Crippen MR) is 60.8 cm³/mol. The largest absolute Gasteiger partial charge is 0.478 e. The number of carboxylic acids is 1. The highest BCUT2D eigenvalue weighted by Gasteiger charge is 2.15. The number of anilines is 2. The Morgan fingerprint density at radius 3 is 2.63 bits per heavy atom. The summed E-state index contributed by atoms with van der Waals surface area (Å²) in [5.41, 5.74) is -0.772. The molecule has 0 bridgehead atoms. The minimum Gasteiger partial charge on any atom is -0.478 e. The molecule has 0 aliphatic heterocycles. The molecule has 0 saturated heterocycles. The molecule has 2 rings (SSSR count). The summed E-state index contributed by atoms with van der Waals surface area (Å²) in [6.45, 7) is 0. The first-order valence-electron chi connectivity index (χ1n) is 5.08. The molecule has 1 heterocycles. The first-order chi connectivity index (χ1) is 8.99. The highest BCUT2D eigenvalue weighted by molar-refractivity contribution is 5.94. The van der Waals surface area contributed by atoms with Crippen LogP contribution in [0.5, 0.6) is 0 Å². The minimum atomic E-state index is -1.37. The van der Waals surface area contributed by atoms with Crippen molar-refractivity contribution >= 4 is 17.3 Å². The van der Waals surface area contributed by atoms with Gasteiger partial charge in [-0.1, -0.05) is 0 Å². The third-order valence-corrected chi connectivity index (χ3v) is 2.31. The van der Waals surface area contributed by atoms with Crippen LogP contribution >= 0.6 is 0 Å². The summed E-state index contributed by atoms with van der Waals surface area (Å²) in [5.74, 6) is -4.94. The Hall–Kier alpha value is -2.57. The van der Waals surface area contributed by atoms with E-state index in [0.29, 0.717) is 6.07 Å². The summed E-state index contributed by atoms with van der Waals surface area (Å²) in [6, 6.07) is 2.29. The molecule has 0 radical (unpaired) electrons. The van der Waals surface area contributed by atoms with E-state index in [4.69, 9.17) is 5.11 Å². The Morgan fingerprint density at radius 2 is 1.95 bits per heavy atom. The fourth-order valence-electron chi connectivity index (χ4n) is 1.47. The van der Waals surface area contributed by atoms with Crippen molar-refractivity contribution in [1.29, 1.82) is 0 Å². The van der Waals surface area contributed by atoms with Crippen LogP contribution in [0.1, 0.15) is 10.4 Å². The molecule has 4 nitrogen and oxygen atoms in total.